The maximum atomic E-state index is 13.8. The molecule has 0 saturated heterocycles. The highest BCUT2D eigenvalue weighted by molar-refractivity contribution is 6.31. The van der Waals surface area contributed by atoms with Crippen molar-refractivity contribution in [1.29, 1.82) is 0 Å². The van der Waals surface area contributed by atoms with E-state index in [9.17, 15) is 9.18 Å². The Balaban J connectivity index is 1.63. The lowest BCUT2D eigenvalue weighted by Crippen LogP contribution is -2.30. The summed E-state index contributed by atoms with van der Waals surface area (Å²) in [5.74, 6) is -0.528. The molecule has 5 heteroatoms. The second-order valence-electron chi connectivity index (χ2n) is 5.98. The van der Waals surface area contributed by atoms with Gasteiger partial charge in [-0.25, -0.2) is 4.39 Å². The number of nitrogens with zero attached hydrogens (tertiary/aromatic N) is 1. The van der Waals surface area contributed by atoms with Crippen LogP contribution in [0.25, 0.3) is 10.8 Å². The molecule has 0 aliphatic rings. The van der Waals surface area contributed by atoms with Gasteiger partial charge in [0.05, 0.1) is 6.54 Å². The summed E-state index contributed by atoms with van der Waals surface area (Å²) in [5.41, 5.74) is 1.13. The third kappa shape index (κ3) is 4.35. The third-order valence-corrected chi connectivity index (χ3v) is 4.29. The molecular formula is C20H18ClFN2O. The number of likely N-dealkylation sites (N-methyl/N-ethyl adjacent to an activating group) is 1. The highest BCUT2D eigenvalue weighted by Crippen LogP contribution is 2.21. The summed E-state index contributed by atoms with van der Waals surface area (Å²) in [6.45, 7) is 0.397. The maximum Gasteiger partial charge on any atom is 0.238 e. The van der Waals surface area contributed by atoms with Crippen LogP contribution >= 0.6 is 11.6 Å². The molecule has 25 heavy (non-hydrogen) atoms. The van der Waals surface area contributed by atoms with Gasteiger partial charge in [0.2, 0.25) is 5.91 Å². The standard InChI is InChI=1S/C20H18ClFN2O/c1-24(12-17-18(21)7-4-8-19(17)22)13-20(25)23-16-10-9-14-5-2-3-6-15(14)11-16/h2-11H,12-13H2,1H3,(H,23,25). The molecule has 3 nitrogen and oxygen atoms in total. The number of rotatable bonds is 5. The van der Waals surface area contributed by atoms with Crippen LogP contribution in [0, 0.1) is 5.82 Å². The lowest BCUT2D eigenvalue weighted by molar-refractivity contribution is -0.117. The predicted octanol–water partition coefficient (Wildman–Crippen LogP) is 4.70. The zero-order chi connectivity index (χ0) is 17.8. The van der Waals surface area contributed by atoms with Crippen LogP contribution in [0.5, 0.6) is 0 Å². The summed E-state index contributed by atoms with van der Waals surface area (Å²) >= 11 is 6.03. The minimum Gasteiger partial charge on any atom is -0.325 e. The van der Waals surface area contributed by atoms with E-state index in [2.05, 4.69) is 5.32 Å². The van der Waals surface area contributed by atoms with E-state index in [1.165, 1.54) is 6.07 Å². The van der Waals surface area contributed by atoms with Gasteiger partial charge < -0.3 is 5.32 Å². The van der Waals surface area contributed by atoms with E-state index < -0.39 is 0 Å². The van der Waals surface area contributed by atoms with Crippen LogP contribution in [-0.4, -0.2) is 24.4 Å². The second kappa shape index (κ2) is 7.64. The fourth-order valence-corrected chi connectivity index (χ4v) is 2.94. The first-order valence-corrected chi connectivity index (χ1v) is 8.31. The van der Waals surface area contributed by atoms with Crippen LogP contribution in [0.2, 0.25) is 5.02 Å². The fraction of sp³-hybridized carbons (Fsp3) is 0.150. The number of benzene rings is 3. The second-order valence-corrected chi connectivity index (χ2v) is 6.39. The van der Waals surface area contributed by atoms with Gasteiger partial charge in [0.25, 0.3) is 0 Å². The quantitative estimate of drug-likeness (QED) is 0.718. The zero-order valence-corrected chi connectivity index (χ0v) is 14.6. The van der Waals surface area contributed by atoms with Gasteiger partial charge in [-0.05, 0) is 42.1 Å². The molecule has 0 aliphatic heterocycles. The van der Waals surface area contributed by atoms with E-state index in [1.54, 1.807) is 24.1 Å². The Morgan fingerprint density at radius 1 is 1.08 bits per heavy atom. The zero-order valence-electron chi connectivity index (χ0n) is 13.8. The predicted molar refractivity (Wildman–Crippen MR) is 100 cm³/mol. The van der Waals surface area contributed by atoms with E-state index >= 15 is 0 Å². The molecule has 0 saturated carbocycles. The molecule has 0 heterocycles. The fourth-order valence-electron chi connectivity index (χ4n) is 2.72. The van der Waals surface area contributed by atoms with Gasteiger partial charge >= 0.3 is 0 Å². The van der Waals surface area contributed by atoms with Crippen LogP contribution in [0.3, 0.4) is 0 Å². The van der Waals surface area contributed by atoms with Crippen LogP contribution in [0.4, 0.5) is 10.1 Å². The van der Waals surface area contributed by atoms with E-state index in [0.29, 0.717) is 10.6 Å². The van der Waals surface area contributed by atoms with Crippen molar-refractivity contribution in [1.82, 2.24) is 4.90 Å². The molecule has 0 unspecified atom stereocenters. The molecule has 0 radical (unpaired) electrons. The third-order valence-electron chi connectivity index (χ3n) is 3.94. The number of carbonyl (C=O) groups is 1. The molecule has 1 N–H and O–H groups in total. The summed E-state index contributed by atoms with van der Waals surface area (Å²) in [6.07, 6.45) is 0. The number of halogens is 2. The van der Waals surface area contributed by atoms with E-state index in [0.717, 1.165) is 16.5 Å². The highest BCUT2D eigenvalue weighted by atomic mass is 35.5. The summed E-state index contributed by atoms with van der Waals surface area (Å²) < 4.78 is 13.8. The van der Waals surface area contributed by atoms with Crippen molar-refractivity contribution in [3.8, 4) is 0 Å². The number of hydrogen-bond donors (Lipinski definition) is 1. The number of carbonyl (C=O) groups excluding carboxylic acids is 1. The Labute approximate surface area is 151 Å². The molecule has 0 atom stereocenters. The molecule has 0 aromatic heterocycles. The van der Waals surface area contributed by atoms with Crippen molar-refractivity contribution < 1.29 is 9.18 Å². The van der Waals surface area contributed by atoms with Crippen LogP contribution in [-0.2, 0) is 11.3 Å². The molecule has 0 fully saturated rings. The van der Waals surface area contributed by atoms with E-state index in [4.69, 9.17) is 11.6 Å². The summed E-state index contributed by atoms with van der Waals surface area (Å²) in [4.78, 5) is 14.0. The molecule has 128 valence electrons. The van der Waals surface area contributed by atoms with Gasteiger partial charge in [-0.2, -0.15) is 0 Å². The lowest BCUT2D eigenvalue weighted by atomic mass is 10.1. The highest BCUT2D eigenvalue weighted by Gasteiger charge is 2.12. The van der Waals surface area contributed by atoms with Crippen molar-refractivity contribution in [2.45, 2.75) is 6.54 Å². The van der Waals surface area contributed by atoms with E-state index in [-0.39, 0.29) is 24.8 Å². The van der Waals surface area contributed by atoms with E-state index in [1.807, 2.05) is 42.5 Å². The Morgan fingerprint density at radius 2 is 1.84 bits per heavy atom. The first kappa shape index (κ1) is 17.4. The monoisotopic (exact) mass is 356 g/mol. The molecular weight excluding hydrogens is 339 g/mol. The maximum absolute atomic E-state index is 13.8. The van der Waals surface area contributed by atoms with Gasteiger partial charge in [0, 0.05) is 22.8 Å². The number of fused-ring (bicyclic) bond motifs is 1. The van der Waals surface area contributed by atoms with Gasteiger partial charge in [0.1, 0.15) is 5.82 Å². The van der Waals surface area contributed by atoms with Crippen molar-refractivity contribution in [2.24, 2.45) is 0 Å². The minimum absolute atomic E-state index is 0.136. The van der Waals surface area contributed by atoms with Crippen molar-refractivity contribution in [3.63, 3.8) is 0 Å². The number of amides is 1. The first-order valence-electron chi connectivity index (χ1n) is 7.93. The Kier molecular flexibility index (Phi) is 5.31. The number of hydrogen-bond acceptors (Lipinski definition) is 2. The Hall–Kier alpha value is -2.43. The SMILES string of the molecule is CN(CC(=O)Nc1ccc2ccccc2c1)Cc1c(F)cccc1Cl. The molecule has 3 rings (SSSR count). The smallest absolute Gasteiger partial charge is 0.238 e. The van der Waals surface area contributed by atoms with Crippen molar-refractivity contribution >= 4 is 34.0 Å². The van der Waals surface area contributed by atoms with Crippen molar-refractivity contribution in [3.05, 3.63) is 77.1 Å². The summed E-state index contributed by atoms with van der Waals surface area (Å²) in [7, 11) is 1.75. The summed E-state index contributed by atoms with van der Waals surface area (Å²) in [6, 6.07) is 18.3. The van der Waals surface area contributed by atoms with Gasteiger partial charge in [-0.3, -0.25) is 9.69 Å². The average Bonchev–Trinajstić information content (AvgIpc) is 2.58. The van der Waals surface area contributed by atoms with Crippen LogP contribution in [0.15, 0.2) is 60.7 Å². The molecule has 1 amide bonds. The first-order chi connectivity index (χ1) is 12.0. The normalized spacial score (nSPS) is 11.0. The van der Waals surface area contributed by atoms with Crippen molar-refractivity contribution in [2.75, 3.05) is 18.9 Å². The lowest BCUT2D eigenvalue weighted by Gasteiger charge is -2.17. The number of anilines is 1. The number of nitrogens with one attached hydrogen (secondary N) is 1. The molecule has 3 aromatic carbocycles. The molecule has 3 aromatic rings. The molecule has 0 bridgehead atoms. The average molecular weight is 357 g/mol. The largest absolute Gasteiger partial charge is 0.325 e. The Bertz CT molecular complexity index is 893. The minimum atomic E-state index is -0.366. The van der Waals surface area contributed by atoms with Gasteiger partial charge in [0.15, 0.2) is 0 Å². The van der Waals surface area contributed by atoms with Crippen LogP contribution in [0.1, 0.15) is 5.56 Å². The molecule has 0 aliphatic carbocycles. The van der Waals surface area contributed by atoms with Crippen LogP contribution < -0.4 is 5.32 Å². The van der Waals surface area contributed by atoms with Gasteiger partial charge in [-0.1, -0.05) is 48.0 Å². The topological polar surface area (TPSA) is 32.3 Å². The summed E-state index contributed by atoms with van der Waals surface area (Å²) in [5, 5.41) is 5.41. The Morgan fingerprint density at radius 3 is 2.60 bits per heavy atom. The van der Waals surface area contributed by atoms with Gasteiger partial charge in [-0.15, -0.1) is 0 Å². The molecule has 0 spiro atoms.